The molecule has 0 aliphatic heterocycles. The van der Waals surface area contributed by atoms with Gasteiger partial charge < -0.3 is 9.73 Å². The summed E-state index contributed by atoms with van der Waals surface area (Å²) in [6, 6.07) is 13.7. The predicted molar refractivity (Wildman–Crippen MR) is 102 cm³/mol. The van der Waals surface area contributed by atoms with Crippen molar-refractivity contribution in [2.75, 3.05) is 5.32 Å². The van der Waals surface area contributed by atoms with E-state index in [1.54, 1.807) is 30.3 Å². The van der Waals surface area contributed by atoms with E-state index >= 15 is 0 Å². The smallest absolute Gasteiger partial charge is 0.291 e. The molecule has 6 nitrogen and oxygen atoms in total. The fourth-order valence-corrected chi connectivity index (χ4v) is 2.58. The van der Waals surface area contributed by atoms with E-state index in [1.165, 1.54) is 36.7 Å². The Balaban J connectivity index is 1.75. The van der Waals surface area contributed by atoms with Gasteiger partial charge >= 0.3 is 0 Å². The highest BCUT2D eigenvalue weighted by Crippen LogP contribution is 2.22. The van der Waals surface area contributed by atoms with E-state index in [1.807, 2.05) is 0 Å². The highest BCUT2D eigenvalue weighted by atomic mass is 79.9. The van der Waals surface area contributed by atoms with Gasteiger partial charge in [0.05, 0.1) is 23.7 Å². The summed E-state index contributed by atoms with van der Waals surface area (Å²) in [6.07, 6.45) is 2.70. The Hall–Kier alpha value is -3.26. The Kier molecular flexibility index (Phi) is 5.77. The maximum absolute atomic E-state index is 13.2. The molecule has 0 aliphatic rings. The average molecular weight is 430 g/mol. The molecule has 1 heterocycles. The van der Waals surface area contributed by atoms with Crippen molar-refractivity contribution in [3.8, 4) is 0 Å². The summed E-state index contributed by atoms with van der Waals surface area (Å²) in [4.78, 5) is 24.6. The van der Waals surface area contributed by atoms with Gasteiger partial charge in [-0.15, -0.1) is 0 Å². The maximum Gasteiger partial charge on any atom is 0.291 e. The number of nitrogens with zero attached hydrogens (tertiary/aromatic N) is 1. The van der Waals surface area contributed by atoms with Crippen LogP contribution < -0.4 is 10.7 Å². The van der Waals surface area contributed by atoms with Crippen molar-refractivity contribution >= 4 is 39.6 Å². The number of hydrogen-bond donors (Lipinski definition) is 2. The fourth-order valence-electron chi connectivity index (χ4n) is 2.22. The van der Waals surface area contributed by atoms with Crippen molar-refractivity contribution in [3.05, 3.63) is 88.0 Å². The standard InChI is InChI=1S/C19H13BrFN3O3/c20-13-6-7-16(23-19(26)17-5-2-8-27-17)15(10-13)18(25)24-22-11-12-3-1-4-14(21)9-12/h1-11H,(H,23,26)(H,24,25). The molecule has 2 aromatic carbocycles. The van der Waals surface area contributed by atoms with Crippen LogP contribution in [0.25, 0.3) is 0 Å². The third-order valence-corrected chi connectivity index (χ3v) is 3.94. The first kappa shape index (κ1) is 18.5. The average Bonchev–Trinajstić information content (AvgIpc) is 3.18. The number of anilines is 1. The molecule has 0 unspecified atom stereocenters. The van der Waals surface area contributed by atoms with E-state index in [0.29, 0.717) is 10.0 Å². The third-order valence-electron chi connectivity index (χ3n) is 3.45. The quantitative estimate of drug-likeness (QED) is 0.470. The first-order valence-electron chi connectivity index (χ1n) is 7.76. The highest BCUT2D eigenvalue weighted by Gasteiger charge is 2.16. The summed E-state index contributed by atoms with van der Waals surface area (Å²) in [5.74, 6) is -1.31. The van der Waals surface area contributed by atoms with Crippen LogP contribution >= 0.6 is 15.9 Å². The van der Waals surface area contributed by atoms with Crippen molar-refractivity contribution in [2.24, 2.45) is 5.10 Å². The van der Waals surface area contributed by atoms with Crippen LogP contribution in [0.15, 0.2) is 74.9 Å². The third kappa shape index (κ3) is 4.89. The first-order valence-corrected chi connectivity index (χ1v) is 8.55. The normalized spacial score (nSPS) is 10.7. The molecule has 0 spiro atoms. The molecule has 8 heteroatoms. The summed E-state index contributed by atoms with van der Waals surface area (Å²) in [5.41, 5.74) is 3.34. The lowest BCUT2D eigenvalue weighted by atomic mass is 10.1. The Bertz CT molecular complexity index is 1000. The topological polar surface area (TPSA) is 83.7 Å². The lowest BCUT2D eigenvalue weighted by Gasteiger charge is -2.09. The van der Waals surface area contributed by atoms with Crippen molar-refractivity contribution in [2.45, 2.75) is 0 Å². The molecule has 0 atom stereocenters. The Morgan fingerprint density at radius 2 is 1.93 bits per heavy atom. The summed E-state index contributed by atoms with van der Waals surface area (Å²) < 4.78 is 18.8. The predicted octanol–water partition coefficient (Wildman–Crippen LogP) is 4.20. The van der Waals surface area contributed by atoms with Crippen LogP contribution in [0, 0.1) is 5.82 Å². The van der Waals surface area contributed by atoms with Crippen LogP contribution in [0.5, 0.6) is 0 Å². The van der Waals surface area contributed by atoms with E-state index in [4.69, 9.17) is 4.42 Å². The van der Waals surface area contributed by atoms with Crippen LogP contribution in [0.3, 0.4) is 0 Å². The monoisotopic (exact) mass is 429 g/mol. The van der Waals surface area contributed by atoms with E-state index in [2.05, 4.69) is 31.8 Å². The zero-order chi connectivity index (χ0) is 19.2. The number of carbonyl (C=O) groups is 2. The van der Waals surface area contributed by atoms with Gasteiger partial charge in [-0.1, -0.05) is 28.1 Å². The molecule has 1 aromatic heterocycles. The van der Waals surface area contributed by atoms with Gasteiger partial charge in [0.2, 0.25) is 0 Å². The minimum atomic E-state index is -0.543. The minimum Gasteiger partial charge on any atom is -0.459 e. The molecule has 2 N–H and O–H groups in total. The molecule has 27 heavy (non-hydrogen) atoms. The lowest BCUT2D eigenvalue weighted by molar-refractivity contribution is 0.0956. The summed E-state index contributed by atoms with van der Waals surface area (Å²) in [6.45, 7) is 0. The van der Waals surface area contributed by atoms with Crippen LogP contribution in [-0.4, -0.2) is 18.0 Å². The first-order chi connectivity index (χ1) is 13.0. The molecule has 0 radical (unpaired) electrons. The van der Waals surface area contributed by atoms with Crippen LogP contribution in [0.4, 0.5) is 10.1 Å². The molecule has 2 amide bonds. The van der Waals surface area contributed by atoms with Crippen molar-refractivity contribution in [1.29, 1.82) is 0 Å². The largest absolute Gasteiger partial charge is 0.459 e. The number of furan rings is 1. The Morgan fingerprint density at radius 1 is 1.07 bits per heavy atom. The molecule has 3 aromatic rings. The number of rotatable bonds is 5. The Labute approximate surface area is 162 Å². The number of halogens is 2. The van der Waals surface area contributed by atoms with Crippen molar-refractivity contribution in [1.82, 2.24) is 5.43 Å². The Morgan fingerprint density at radius 3 is 2.67 bits per heavy atom. The van der Waals surface area contributed by atoms with E-state index in [0.717, 1.165) is 0 Å². The SMILES string of the molecule is O=C(Nc1ccc(Br)cc1C(=O)NN=Cc1cccc(F)c1)c1ccco1. The summed E-state index contributed by atoms with van der Waals surface area (Å²) >= 11 is 3.29. The highest BCUT2D eigenvalue weighted by molar-refractivity contribution is 9.10. The molecule has 0 saturated heterocycles. The summed E-state index contributed by atoms with van der Waals surface area (Å²) in [5, 5.41) is 6.44. The number of hydrazone groups is 1. The van der Waals surface area contributed by atoms with E-state index < -0.39 is 17.6 Å². The van der Waals surface area contributed by atoms with Crippen molar-refractivity contribution < 1.29 is 18.4 Å². The van der Waals surface area contributed by atoms with Crippen molar-refractivity contribution in [3.63, 3.8) is 0 Å². The molecule has 3 rings (SSSR count). The van der Waals surface area contributed by atoms with Crippen LogP contribution in [-0.2, 0) is 0 Å². The van der Waals surface area contributed by atoms with Gasteiger partial charge in [-0.25, -0.2) is 9.82 Å². The molecule has 0 saturated carbocycles. The second-order valence-electron chi connectivity index (χ2n) is 5.38. The molecular weight excluding hydrogens is 417 g/mol. The van der Waals surface area contributed by atoms with Gasteiger partial charge in [-0.2, -0.15) is 5.10 Å². The lowest BCUT2D eigenvalue weighted by Crippen LogP contribution is -2.21. The van der Waals surface area contributed by atoms with Crippen LogP contribution in [0.2, 0.25) is 0 Å². The van der Waals surface area contributed by atoms with Gasteiger partial charge in [0, 0.05) is 4.47 Å². The second kappa shape index (κ2) is 8.41. The fraction of sp³-hybridized carbons (Fsp3) is 0. The molecule has 0 bridgehead atoms. The zero-order valence-corrected chi connectivity index (χ0v) is 15.4. The van der Waals surface area contributed by atoms with Gasteiger partial charge in [-0.05, 0) is 48.0 Å². The molecule has 0 fully saturated rings. The summed E-state index contributed by atoms with van der Waals surface area (Å²) in [7, 11) is 0. The molecular formula is C19H13BrFN3O3. The zero-order valence-electron chi connectivity index (χ0n) is 13.8. The molecule has 0 aliphatic carbocycles. The van der Waals surface area contributed by atoms with E-state index in [9.17, 15) is 14.0 Å². The van der Waals surface area contributed by atoms with Crippen LogP contribution in [0.1, 0.15) is 26.5 Å². The minimum absolute atomic E-state index is 0.119. The number of amides is 2. The number of hydrogen-bond acceptors (Lipinski definition) is 4. The van der Waals surface area contributed by atoms with Gasteiger partial charge in [0.1, 0.15) is 5.82 Å². The second-order valence-corrected chi connectivity index (χ2v) is 6.29. The number of benzene rings is 2. The number of carbonyl (C=O) groups excluding carboxylic acids is 2. The van der Waals surface area contributed by atoms with Gasteiger partial charge in [0.25, 0.3) is 11.8 Å². The molecule has 136 valence electrons. The number of nitrogens with one attached hydrogen (secondary N) is 2. The maximum atomic E-state index is 13.2. The van der Waals surface area contributed by atoms with Gasteiger partial charge in [-0.3, -0.25) is 9.59 Å². The van der Waals surface area contributed by atoms with E-state index in [-0.39, 0.29) is 17.0 Å². The van der Waals surface area contributed by atoms with Gasteiger partial charge in [0.15, 0.2) is 5.76 Å².